The number of benzene rings is 1. The molecule has 1 aromatic carbocycles. The number of carbonyl (C=O) groups excluding carboxylic acids is 2. The van der Waals surface area contributed by atoms with Crippen molar-refractivity contribution in [3.05, 3.63) is 30.3 Å². The molecule has 0 bridgehead atoms. The third-order valence-electron chi connectivity index (χ3n) is 4.98. The van der Waals surface area contributed by atoms with Crippen molar-refractivity contribution >= 4 is 12.1 Å². The molecular formula is C23H35NO5. The highest BCUT2D eigenvalue weighted by molar-refractivity contribution is 5.81. The maximum absolute atomic E-state index is 12.7. The van der Waals surface area contributed by atoms with Crippen molar-refractivity contribution in [1.29, 1.82) is 0 Å². The minimum absolute atomic E-state index is 0.250. The van der Waals surface area contributed by atoms with E-state index in [1.807, 2.05) is 37.3 Å². The molecule has 1 N–H and O–H groups in total. The van der Waals surface area contributed by atoms with Crippen molar-refractivity contribution in [2.24, 2.45) is 5.92 Å². The lowest BCUT2D eigenvalue weighted by Gasteiger charge is -2.34. The van der Waals surface area contributed by atoms with Gasteiger partial charge in [-0.3, -0.25) is 0 Å². The Morgan fingerprint density at radius 2 is 1.66 bits per heavy atom. The molecule has 0 radical (unpaired) electrons. The second-order valence-corrected chi connectivity index (χ2v) is 8.80. The highest BCUT2D eigenvalue weighted by atomic mass is 16.6. The zero-order valence-electron chi connectivity index (χ0n) is 18.3. The molecule has 0 aliphatic heterocycles. The quantitative estimate of drug-likeness (QED) is 0.656. The second kappa shape index (κ2) is 10.5. The maximum Gasteiger partial charge on any atom is 0.408 e. The molecule has 0 unspecified atom stereocenters. The molecule has 29 heavy (non-hydrogen) atoms. The molecular weight excluding hydrogens is 370 g/mol. The summed E-state index contributed by atoms with van der Waals surface area (Å²) in [7, 11) is 0. The molecule has 6 nitrogen and oxygen atoms in total. The van der Waals surface area contributed by atoms with Gasteiger partial charge in [0, 0.05) is 0 Å². The topological polar surface area (TPSA) is 73.9 Å². The molecule has 1 fully saturated rings. The van der Waals surface area contributed by atoms with Crippen LogP contribution in [0.4, 0.5) is 4.79 Å². The summed E-state index contributed by atoms with van der Waals surface area (Å²) in [5.41, 5.74) is -0.629. The van der Waals surface area contributed by atoms with Crippen molar-refractivity contribution in [3.63, 3.8) is 0 Å². The summed E-state index contributed by atoms with van der Waals surface area (Å²) in [6.45, 7) is 8.87. The monoisotopic (exact) mass is 405 g/mol. The molecule has 2 rings (SSSR count). The lowest BCUT2D eigenvalue weighted by Crippen LogP contribution is -2.47. The highest BCUT2D eigenvalue weighted by Gasteiger charge is 2.34. The fraction of sp³-hybridized carbons (Fsp3) is 0.652. The van der Waals surface area contributed by atoms with Crippen LogP contribution in [0.1, 0.15) is 66.7 Å². The Hall–Kier alpha value is -2.24. The van der Waals surface area contributed by atoms with Crippen LogP contribution in [0.3, 0.4) is 0 Å². The Kier molecular flexibility index (Phi) is 8.35. The van der Waals surface area contributed by atoms with Gasteiger partial charge >= 0.3 is 12.1 Å². The van der Waals surface area contributed by atoms with Crippen LogP contribution in [0, 0.1) is 5.92 Å². The Morgan fingerprint density at radius 3 is 2.24 bits per heavy atom. The molecule has 0 spiro atoms. The van der Waals surface area contributed by atoms with Gasteiger partial charge < -0.3 is 19.5 Å². The minimum atomic E-state index is -0.806. The van der Waals surface area contributed by atoms with Gasteiger partial charge in [0.1, 0.15) is 29.6 Å². The summed E-state index contributed by atoms with van der Waals surface area (Å²) < 4.78 is 17.2. The molecule has 0 heterocycles. The number of hydrogen-bond donors (Lipinski definition) is 1. The van der Waals surface area contributed by atoms with Gasteiger partial charge in [0.05, 0.1) is 0 Å². The Labute approximate surface area is 174 Å². The Morgan fingerprint density at radius 1 is 1.03 bits per heavy atom. The van der Waals surface area contributed by atoms with E-state index in [-0.39, 0.29) is 18.1 Å². The van der Waals surface area contributed by atoms with Crippen LogP contribution in [-0.4, -0.2) is 35.9 Å². The van der Waals surface area contributed by atoms with Crippen LogP contribution in [-0.2, 0) is 14.3 Å². The summed E-state index contributed by atoms with van der Waals surface area (Å²) in [4.78, 5) is 24.7. The van der Waals surface area contributed by atoms with Crippen molar-refractivity contribution < 1.29 is 23.8 Å². The van der Waals surface area contributed by atoms with Crippen LogP contribution in [0.2, 0.25) is 0 Å². The molecule has 1 amide bonds. The summed E-state index contributed by atoms with van der Waals surface area (Å²) in [5.74, 6) is 0.520. The number of esters is 1. The van der Waals surface area contributed by atoms with E-state index in [4.69, 9.17) is 14.2 Å². The van der Waals surface area contributed by atoms with E-state index in [0.717, 1.165) is 31.4 Å². The normalized spacial score (nSPS) is 18.2. The Bertz CT molecular complexity index is 649. The van der Waals surface area contributed by atoms with Crippen molar-refractivity contribution in [3.8, 4) is 5.75 Å². The van der Waals surface area contributed by atoms with Gasteiger partial charge in [-0.05, 0) is 65.5 Å². The predicted molar refractivity (Wildman–Crippen MR) is 112 cm³/mol. The number of alkyl carbamates (subject to hydrolysis) is 1. The smallest absolute Gasteiger partial charge is 0.408 e. The van der Waals surface area contributed by atoms with E-state index in [9.17, 15) is 9.59 Å². The van der Waals surface area contributed by atoms with E-state index < -0.39 is 23.7 Å². The average Bonchev–Trinajstić information content (AvgIpc) is 2.65. The van der Waals surface area contributed by atoms with Gasteiger partial charge in [-0.25, -0.2) is 9.59 Å². The second-order valence-electron chi connectivity index (χ2n) is 8.80. The molecule has 0 aromatic heterocycles. The number of hydrogen-bond acceptors (Lipinski definition) is 5. The van der Waals surface area contributed by atoms with Gasteiger partial charge in [0.15, 0.2) is 0 Å². The van der Waals surface area contributed by atoms with E-state index in [1.54, 1.807) is 27.7 Å². The molecule has 3 atom stereocenters. The van der Waals surface area contributed by atoms with Crippen LogP contribution in [0.5, 0.6) is 5.75 Å². The number of para-hydroxylation sites is 1. The first-order valence-corrected chi connectivity index (χ1v) is 10.6. The largest absolute Gasteiger partial charge is 0.487 e. The first-order valence-electron chi connectivity index (χ1n) is 10.6. The first kappa shape index (κ1) is 23.0. The van der Waals surface area contributed by atoms with Crippen LogP contribution >= 0.6 is 0 Å². The van der Waals surface area contributed by atoms with Crippen LogP contribution < -0.4 is 10.1 Å². The standard InChI is InChI=1S/C23H35NO5/c1-16(24-22(26)29-23(3,4)5)21(25)28-20(18-12-8-6-9-13-18)17(2)27-19-14-10-7-11-15-19/h7,10-11,14-18,20H,6,8-9,12-13H2,1-5H3,(H,24,26)/t16-,17-,20-/m0/s1. The van der Waals surface area contributed by atoms with Crippen LogP contribution in [0.15, 0.2) is 30.3 Å². The van der Waals surface area contributed by atoms with Gasteiger partial charge in [-0.1, -0.05) is 37.5 Å². The first-order chi connectivity index (χ1) is 13.7. The van der Waals surface area contributed by atoms with Gasteiger partial charge in [0.25, 0.3) is 0 Å². The number of carbonyl (C=O) groups is 2. The van der Waals surface area contributed by atoms with Gasteiger partial charge in [-0.2, -0.15) is 0 Å². The van der Waals surface area contributed by atoms with Crippen LogP contribution in [0.25, 0.3) is 0 Å². The van der Waals surface area contributed by atoms with E-state index in [1.165, 1.54) is 6.42 Å². The predicted octanol–water partition coefficient (Wildman–Crippen LogP) is 4.86. The van der Waals surface area contributed by atoms with Crippen molar-refractivity contribution in [2.75, 3.05) is 0 Å². The number of amides is 1. The number of ether oxygens (including phenoxy) is 3. The third kappa shape index (κ3) is 7.95. The molecule has 6 heteroatoms. The highest BCUT2D eigenvalue weighted by Crippen LogP contribution is 2.31. The maximum atomic E-state index is 12.7. The Balaban J connectivity index is 2.02. The number of rotatable bonds is 7. The fourth-order valence-electron chi connectivity index (χ4n) is 3.60. The molecule has 1 saturated carbocycles. The zero-order chi connectivity index (χ0) is 21.4. The molecule has 1 aliphatic rings. The SMILES string of the molecule is C[C@H](NC(=O)OC(C)(C)C)C(=O)O[C@H](C1CCCCC1)[C@H](C)Oc1ccccc1. The average molecular weight is 406 g/mol. The lowest BCUT2D eigenvalue weighted by atomic mass is 9.83. The lowest BCUT2D eigenvalue weighted by molar-refractivity contribution is -0.160. The molecule has 1 aromatic rings. The van der Waals surface area contributed by atoms with E-state index in [0.29, 0.717) is 0 Å². The number of nitrogens with one attached hydrogen (secondary N) is 1. The molecule has 162 valence electrons. The minimum Gasteiger partial charge on any atom is -0.487 e. The van der Waals surface area contributed by atoms with E-state index >= 15 is 0 Å². The summed E-state index contributed by atoms with van der Waals surface area (Å²) in [6, 6.07) is 8.74. The zero-order valence-corrected chi connectivity index (χ0v) is 18.3. The van der Waals surface area contributed by atoms with Gasteiger partial charge in [0.2, 0.25) is 0 Å². The van der Waals surface area contributed by atoms with Gasteiger partial charge in [-0.15, -0.1) is 0 Å². The third-order valence-corrected chi connectivity index (χ3v) is 4.98. The molecule has 0 saturated heterocycles. The fourth-order valence-corrected chi connectivity index (χ4v) is 3.60. The summed E-state index contributed by atoms with van der Waals surface area (Å²) in [5, 5.41) is 2.56. The summed E-state index contributed by atoms with van der Waals surface area (Å²) in [6.07, 6.45) is 4.18. The molecule has 1 aliphatic carbocycles. The van der Waals surface area contributed by atoms with Crippen molar-refractivity contribution in [1.82, 2.24) is 5.32 Å². The van der Waals surface area contributed by atoms with E-state index in [2.05, 4.69) is 5.32 Å². The summed E-state index contributed by atoms with van der Waals surface area (Å²) >= 11 is 0. The van der Waals surface area contributed by atoms with Crippen molar-refractivity contribution in [2.45, 2.75) is 90.6 Å².